The van der Waals surface area contributed by atoms with Gasteiger partial charge in [-0.05, 0) is 31.4 Å². The van der Waals surface area contributed by atoms with E-state index in [9.17, 15) is 14.9 Å². The number of nitrogens with one attached hydrogen (secondary N) is 1. The largest absolute Gasteiger partial charge is 0.495 e. The van der Waals surface area contributed by atoms with Gasteiger partial charge in [-0.1, -0.05) is 6.07 Å². The Morgan fingerprint density at radius 3 is 2.71 bits per heavy atom. The van der Waals surface area contributed by atoms with Gasteiger partial charge in [0.25, 0.3) is 11.6 Å². The molecule has 0 aliphatic rings. The van der Waals surface area contributed by atoms with E-state index in [1.165, 1.54) is 31.0 Å². The van der Waals surface area contributed by atoms with E-state index >= 15 is 0 Å². The number of rotatable bonds is 6. The fourth-order valence-corrected chi connectivity index (χ4v) is 2.76. The fourth-order valence-electron chi connectivity index (χ4n) is 2.18. The zero-order valence-corrected chi connectivity index (χ0v) is 14.3. The molecule has 8 heteroatoms. The van der Waals surface area contributed by atoms with Crippen LogP contribution < -0.4 is 10.1 Å². The second-order valence-electron chi connectivity index (χ2n) is 4.93. The molecule has 0 radical (unpaired) electrons. The average molecular weight is 347 g/mol. The molecule has 1 amide bonds. The van der Waals surface area contributed by atoms with Crippen molar-refractivity contribution in [2.45, 2.75) is 17.9 Å². The average Bonchev–Trinajstić information content (AvgIpc) is 2.60. The number of hydrogen-bond acceptors (Lipinski definition) is 6. The molecule has 2 rings (SSSR count). The van der Waals surface area contributed by atoms with Crippen molar-refractivity contribution in [3.05, 3.63) is 57.9 Å². The molecule has 1 unspecified atom stereocenters. The highest BCUT2D eigenvalue weighted by atomic mass is 32.2. The Hall–Kier alpha value is -2.61. The Morgan fingerprint density at radius 1 is 1.42 bits per heavy atom. The number of nitrogens with zero attached hydrogens (tertiary/aromatic N) is 2. The SMILES string of the molecule is COc1cc([N+](=O)[O-])c(C(=O)NC(C)c2ccccn2)cc1SC. The third-order valence-corrected chi connectivity index (χ3v) is 4.18. The van der Waals surface area contributed by atoms with Crippen LogP contribution >= 0.6 is 11.8 Å². The molecule has 1 N–H and O–H groups in total. The third-order valence-electron chi connectivity index (χ3n) is 3.42. The highest BCUT2D eigenvalue weighted by molar-refractivity contribution is 7.98. The number of carbonyl (C=O) groups is 1. The van der Waals surface area contributed by atoms with Gasteiger partial charge in [0.05, 0.1) is 34.7 Å². The standard InChI is InChI=1S/C16H17N3O4S/c1-10(12-6-4-5-7-17-12)18-16(20)11-8-15(24-3)14(23-2)9-13(11)19(21)22/h4-10H,1-3H3,(H,18,20). The zero-order valence-electron chi connectivity index (χ0n) is 13.5. The van der Waals surface area contributed by atoms with E-state index in [2.05, 4.69) is 10.3 Å². The summed E-state index contributed by atoms with van der Waals surface area (Å²) in [7, 11) is 1.43. The second kappa shape index (κ2) is 7.78. The monoisotopic (exact) mass is 347 g/mol. The maximum atomic E-state index is 12.5. The van der Waals surface area contributed by atoms with Gasteiger partial charge in [0.2, 0.25) is 0 Å². The highest BCUT2D eigenvalue weighted by Gasteiger charge is 2.25. The van der Waals surface area contributed by atoms with Gasteiger partial charge in [-0.3, -0.25) is 19.9 Å². The van der Waals surface area contributed by atoms with Crippen LogP contribution in [0.15, 0.2) is 41.4 Å². The molecule has 0 bridgehead atoms. The summed E-state index contributed by atoms with van der Waals surface area (Å²) in [6.45, 7) is 1.77. The molecule has 0 aliphatic heterocycles. The third kappa shape index (κ3) is 3.83. The molecular formula is C16H17N3O4S. The lowest BCUT2D eigenvalue weighted by Gasteiger charge is -2.14. The first-order valence-electron chi connectivity index (χ1n) is 7.10. The van der Waals surface area contributed by atoms with Gasteiger partial charge in [0.15, 0.2) is 0 Å². The molecule has 7 nitrogen and oxygen atoms in total. The van der Waals surface area contributed by atoms with Crippen LogP contribution in [0, 0.1) is 10.1 Å². The van der Waals surface area contributed by atoms with Crippen LogP contribution in [0.25, 0.3) is 0 Å². The lowest BCUT2D eigenvalue weighted by atomic mass is 10.1. The molecule has 1 heterocycles. The molecule has 0 spiro atoms. The van der Waals surface area contributed by atoms with Crippen molar-refractivity contribution in [1.82, 2.24) is 10.3 Å². The van der Waals surface area contributed by atoms with Crippen molar-refractivity contribution in [1.29, 1.82) is 0 Å². The summed E-state index contributed by atoms with van der Waals surface area (Å²) >= 11 is 1.35. The van der Waals surface area contributed by atoms with Gasteiger partial charge in [-0.2, -0.15) is 0 Å². The van der Waals surface area contributed by atoms with Gasteiger partial charge in [0, 0.05) is 6.20 Å². The van der Waals surface area contributed by atoms with Crippen molar-refractivity contribution < 1.29 is 14.5 Å². The molecule has 126 valence electrons. The molecule has 1 atom stereocenters. The molecule has 0 aliphatic carbocycles. The minimum atomic E-state index is -0.590. The number of thioether (sulfide) groups is 1. The van der Waals surface area contributed by atoms with Gasteiger partial charge >= 0.3 is 0 Å². The van der Waals surface area contributed by atoms with E-state index in [0.717, 1.165) is 0 Å². The summed E-state index contributed by atoms with van der Waals surface area (Å²) in [6, 6.07) is 7.73. The number of amides is 1. The molecule has 24 heavy (non-hydrogen) atoms. The number of carbonyl (C=O) groups excluding carboxylic acids is 1. The van der Waals surface area contributed by atoms with Crippen molar-refractivity contribution in [2.24, 2.45) is 0 Å². The summed E-state index contributed by atoms with van der Waals surface area (Å²) in [4.78, 5) is 28.1. The molecule has 0 fully saturated rings. The van der Waals surface area contributed by atoms with E-state index in [1.807, 2.05) is 12.3 Å². The van der Waals surface area contributed by atoms with Crippen molar-refractivity contribution >= 4 is 23.4 Å². The number of pyridine rings is 1. The molecular weight excluding hydrogens is 330 g/mol. The number of hydrogen-bond donors (Lipinski definition) is 1. The molecule has 0 saturated heterocycles. The van der Waals surface area contributed by atoms with Crippen LogP contribution in [0.4, 0.5) is 5.69 Å². The van der Waals surface area contributed by atoms with Gasteiger partial charge in [0.1, 0.15) is 11.3 Å². The number of nitro benzene ring substituents is 1. The maximum absolute atomic E-state index is 12.5. The van der Waals surface area contributed by atoms with Crippen LogP contribution in [0.2, 0.25) is 0 Å². The van der Waals surface area contributed by atoms with E-state index in [4.69, 9.17) is 4.74 Å². The van der Waals surface area contributed by atoms with Crippen molar-refractivity contribution in [2.75, 3.05) is 13.4 Å². The van der Waals surface area contributed by atoms with Gasteiger partial charge < -0.3 is 10.1 Å². The van der Waals surface area contributed by atoms with Crippen molar-refractivity contribution in [3.8, 4) is 5.75 Å². The lowest BCUT2D eigenvalue weighted by molar-refractivity contribution is -0.385. The van der Waals surface area contributed by atoms with E-state index in [1.54, 1.807) is 25.3 Å². The molecule has 2 aromatic rings. The maximum Gasteiger partial charge on any atom is 0.285 e. The Morgan fingerprint density at radius 2 is 2.17 bits per heavy atom. The van der Waals surface area contributed by atoms with Gasteiger partial charge in [-0.15, -0.1) is 11.8 Å². The fraction of sp³-hybridized carbons (Fsp3) is 0.250. The minimum Gasteiger partial charge on any atom is -0.495 e. The van der Waals surface area contributed by atoms with E-state index in [0.29, 0.717) is 16.3 Å². The highest BCUT2D eigenvalue weighted by Crippen LogP contribution is 2.34. The molecule has 1 aromatic carbocycles. The number of nitro groups is 1. The topological polar surface area (TPSA) is 94.4 Å². The van der Waals surface area contributed by atoms with Crippen LogP contribution in [-0.4, -0.2) is 29.2 Å². The number of benzene rings is 1. The van der Waals surface area contributed by atoms with Crippen molar-refractivity contribution in [3.63, 3.8) is 0 Å². The molecule has 1 aromatic heterocycles. The summed E-state index contributed by atoms with van der Waals surface area (Å²) < 4.78 is 5.15. The van der Waals surface area contributed by atoms with E-state index < -0.39 is 10.8 Å². The Balaban J connectivity index is 2.35. The van der Waals surface area contributed by atoms with Crippen LogP contribution in [-0.2, 0) is 0 Å². The first kappa shape index (κ1) is 17.7. The summed E-state index contributed by atoms with van der Waals surface area (Å²) in [6.07, 6.45) is 3.43. The zero-order chi connectivity index (χ0) is 17.7. The number of methoxy groups -OCH3 is 1. The second-order valence-corrected chi connectivity index (χ2v) is 5.78. The lowest BCUT2D eigenvalue weighted by Crippen LogP contribution is -2.27. The number of aromatic nitrogens is 1. The Bertz CT molecular complexity index is 752. The van der Waals surface area contributed by atoms with Crippen LogP contribution in [0.3, 0.4) is 0 Å². The van der Waals surface area contributed by atoms with Gasteiger partial charge in [-0.25, -0.2) is 0 Å². The Labute approximate surface area is 143 Å². The molecule has 0 saturated carbocycles. The first-order chi connectivity index (χ1) is 11.5. The quantitative estimate of drug-likeness (QED) is 0.490. The minimum absolute atomic E-state index is 0.00655. The predicted octanol–water partition coefficient (Wildman–Crippen LogP) is 3.21. The summed E-state index contributed by atoms with van der Waals surface area (Å²) in [5.74, 6) is -0.165. The van der Waals surface area contributed by atoms with Crippen LogP contribution in [0.1, 0.15) is 29.0 Å². The first-order valence-corrected chi connectivity index (χ1v) is 8.32. The normalized spacial score (nSPS) is 11.6. The number of ether oxygens (including phenoxy) is 1. The smallest absolute Gasteiger partial charge is 0.285 e. The van der Waals surface area contributed by atoms with Crippen LogP contribution in [0.5, 0.6) is 5.75 Å². The summed E-state index contributed by atoms with van der Waals surface area (Å²) in [5, 5.41) is 14.0. The predicted molar refractivity (Wildman–Crippen MR) is 91.5 cm³/mol. The van der Waals surface area contributed by atoms with E-state index in [-0.39, 0.29) is 17.3 Å². The Kier molecular flexibility index (Phi) is 5.75. The summed E-state index contributed by atoms with van der Waals surface area (Å²) in [5.41, 5.74) is 0.371.